The lowest BCUT2D eigenvalue weighted by molar-refractivity contribution is -0.135. The van der Waals surface area contributed by atoms with E-state index in [4.69, 9.17) is 15.7 Å². The number of ether oxygens (including phenoxy) is 1. The highest BCUT2D eigenvalue weighted by Crippen LogP contribution is 2.14. The molecular weight excluding hydrogens is 194 g/mol. The Morgan fingerprint density at radius 1 is 1.80 bits per heavy atom. The molecule has 3 atom stereocenters. The van der Waals surface area contributed by atoms with E-state index in [2.05, 4.69) is 0 Å². The van der Waals surface area contributed by atoms with Gasteiger partial charge in [0.05, 0.1) is 18.7 Å². The molecule has 0 spiro atoms. The van der Waals surface area contributed by atoms with Crippen LogP contribution in [-0.2, 0) is 9.53 Å². The quantitative estimate of drug-likeness (QED) is 0.716. The maximum Gasteiger partial charge on any atom is 0.242 e. The zero-order valence-corrected chi connectivity index (χ0v) is 9.14. The minimum absolute atomic E-state index is 0.123. The first-order valence-corrected chi connectivity index (χ1v) is 5.15. The minimum Gasteiger partial charge on any atom is -0.358 e. The van der Waals surface area contributed by atoms with E-state index in [1.807, 2.05) is 19.9 Å². The first-order chi connectivity index (χ1) is 7.11. The first kappa shape index (κ1) is 12.0. The monoisotopic (exact) mass is 211 g/mol. The molecule has 1 amide bonds. The molecule has 0 aromatic carbocycles. The topological polar surface area (TPSA) is 79.3 Å². The average molecular weight is 211 g/mol. The molecule has 1 aliphatic rings. The van der Waals surface area contributed by atoms with Gasteiger partial charge in [0.15, 0.2) is 0 Å². The summed E-state index contributed by atoms with van der Waals surface area (Å²) in [6, 6.07) is 1.02. The summed E-state index contributed by atoms with van der Waals surface area (Å²) in [5.41, 5.74) is 5.81. The third kappa shape index (κ3) is 2.46. The highest BCUT2D eigenvalue weighted by molar-refractivity contribution is 5.82. The lowest BCUT2D eigenvalue weighted by atomic mass is 9.99. The number of hydrogen-bond donors (Lipinski definition) is 1. The van der Waals surface area contributed by atoms with E-state index in [0.717, 1.165) is 6.42 Å². The Morgan fingerprint density at radius 2 is 2.47 bits per heavy atom. The van der Waals surface area contributed by atoms with Crippen LogP contribution in [0.25, 0.3) is 0 Å². The number of hydrogen-bond acceptors (Lipinski definition) is 4. The predicted octanol–water partition coefficient (Wildman–Crippen LogP) is 0.0683. The van der Waals surface area contributed by atoms with Gasteiger partial charge in [-0.25, -0.2) is 0 Å². The smallest absolute Gasteiger partial charge is 0.242 e. The van der Waals surface area contributed by atoms with Gasteiger partial charge in [-0.15, -0.1) is 0 Å². The highest BCUT2D eigenvalue weighted by atomic mass is 16.5. The van der Waals surface area contributed by atoms with Crippen molar-refractivity contribution in [2.75, 3.05) is 13.3 Å². The maximum atomic E-state index is 11.9. The van der Waals surface area contributed by atoms with Crippen molar-refractivity contribution >= 4 is 5.91 Å². The van der Waals surface area contributed by atoms with Gasteiger partial charge in [-0.1, -0.05) is 20.3 Å². The van der Waals surface area contributed by atoms with Crippen LogP contribution in [0.15, 0.2) is 0 Å². The molecule has 0 saturated carbocycles. The molecular formula is C10H17N3O2. The average Bonchev–Trinajstić information content (AvgIpc) is 2.73. The van der Waals surface area contributed by atoms with Crippen LogP contribution in [0.5, 0.6) is 0 Å². The second-order valence-corrected chi connectivity index (χ2v) is 3.86. The minimum atomic E-state index is -0.535. The van der Waals surface area contributed by atoms with Gasteiger partial charge < -0.3 is 10.5 Å². The molecule has 0 bridgehead atoms. The van der Waals surface area contributed by atoms with Crippen molar-refractivity contribution in [2.45, 2.75) is 32.4 Å². The molecule has 0 aliphatic carbocycles. The van der Waals surface area contributed by atoms with Crippen LogP contribution >= 0.6 is 0 Å². The number of carbonyl (C=O) groups excluding carboxylic acids is 1. The summed E-state index contributed by atoms with van der Waals surface area (Å²) >= 11 is 0. The van der Waals surface area contributed by atoms with Crippen LogP contribution in [0.3, 0.4) is 0 Å². The van der Waals surface area contributed by atoms with Crippen LogP contribution < -0.4 is 5.73 Å². The fourth-order valence-electron chi connectivity index (χ4n) is 1.46. The van der Waals surface area contributed by atoms with Gasteiger partial charge in [0.1, 0.15) is 12.8 Å². The molecule has 0 aromatic rings. The second kappa shape index (κ2) is 5.10. The van der Waals surface area contributed by atoms with Gasteiger partial charge in [0.25, 0.3) is 0 Å². The van der Waals surface area contributed by atoms with Crippen molar-refractivity contribution in [3.8, 4) is 6.07 Å². The zero-order chi connectivity index (χ0) is 11.4. The van der Waals surface area contributed by atoms with Crippen LogP contribution in [0, 0.1) is 17.2 Å². The predicted molar refractivity (Wildman–Crippen MR) is 54.5 cm³/mol. The van der Waals surface area contributed by atoms with Crippen LogP contribution in [0.1, 0.15) is 20.3 Å². The molecule has 5 nitrogen and oxygen atoms in total. The summed E-state index contributed by atoms with van der Waals surface area (Å²) < 4.78 is 5.07. The Hall–Kier alpha value is -1.12. The van der Waals surface area contributed by atoms with Crippen molar-refractivity contribution in [1.82, 2.24) is 4.90 Å². The lowest BCUT2D eigenvalue weighted by Crippen LogP contribution is -2.48. The van der Waals surface area contributed by atoms with Crippen LogP contribution in [0.4, 0.5) is 0 Å². The van der Waals surface area contributed by atoms with E-state index in [-0.39, 0.29) is 25.2 Å². The van der Waals surface area contributed by atoms with Gasteiger partial charge in [0.2, 0.25) is 5.91 Å². The Labute approximate surface area is 89.8 Å². The van der Waals surface area contributed by atoms with Crippen molar-refractivity contribution in [2.24, 2.45) is 11.7 Å². The largest absolute Gasteiger partial charge is 0.358 e. The Kier molecular flexibility index (Phi) is 4.06. The number of nitrogens with two attached hydrogens (primary N) is 1. The van der Waals surface area contributed by atoms with Gasteiger partial charge in [-0.3, -0.25) is 9.69 Å². The summed E-state index contributed by atoms with van der Waals surface area (Å²) in [6.07, 6.45) is 0.846. The Morgan fingerprint density at radius 3 is 3.00 bits per heavy atom. The van der Waals surface area contributed by atoms with Gasteiger partial charge in [-0.2, -0.15) is 5.26 Å². The number of nitrogens with zero attached hydrogens (tertiary/aromatic N) is 2. The van der Waals surface area contributed by atoms with Gasteiger partial charge in [-0.05, 0) is 5.92 Å². The molecule has 0 radical (unpaired) electrons. The second-order valence-electron chi connectivity index (χ2n) is 3.86. The molecule has 15 heavy (non-hydrogen) atoms. The molecule has 84 valence electrons. The summed E-state index contributed by atoms with van der Waals surface area (Å²) in [5, 5.41) is 8.80. The van der Waals surface area contributed by atoms with Crippen molar-refractivity contribution < 1.29 is 9.53 Å². The molecule has 1 aliphatic heterocycles. The SMILES string of the molecule is CC[C@H](C)[C@H](N)C(=O)N1COC[C@H]1C#N. The van der Waals surface area contributed by atoms with Crippen molar-refractivity contribution in [3.05, 3.63) is 0 Å². The maximum absolute atomic E-state index is 11.9. The number of amides is 1. The molecule has 5 heteroatoms. The normalized spacial score (nSPS) is 24.7. The van der Waals surface area contributed by atoms with E-state index in [1.54, 1.807) is 0 Å². The summed E-state index contributed by atoms with van der Waals surface area (Å²) in [5.74, 6) is -0.0640. The van der Waals surface area contributed by atoms with Crippen molar-refractivity contribution in [1.29, 1.82) is 5.26 Å². The zero-order valence-electron chi connectivity index (χ0n) is 9.14. The van der Waals surface area contributed by atoms with Crippen LogP contribution in [0.2, 0.25) is 0 Å². The third-order valence-corrected chi connectivity index (χ3v) is 2.86. The molecule has 2 N–H and O–H groups in total. The van der Waals surface area contributed by atoms with E-state index >= 15 is 0 Å². The fraction of sp³-hybridized carbons (Fsp3) is 0.800. The van der Waals surface area contributed by atoms with Gasteiger partial charge >= 0.3 is 0 Å². The Bertz CT molecular complexity index is 274. The van der Waals surface area contributed by atoms with Crippen molar-refractivity contribution in [3.63, 3.8) is 0 Å². The Balaban J connectivity index is 2.64. The van der Waals surface area contributed by atoms with Gasteiger partial charge in [0, 0.05) is 0 Å². The van der Waals surface area contributed by atoms with E-state index in [9.17, 15) is 4.79 Å². The summed E-state index contributed by atoms with van der Waals surface area (Å²) in [6.45, 7) is 4.39. The third-order valence-electron chi connectivity index (χ3n) is 2.86. The number of rotatable bonds is 3. The number of nitriles is 1. The first-order valence-electron chi connectivity index (χ1n) is 5.15. The molecule has 1 rings (SSSR count). The lowest BCUT2D eigenvalue weighted by Gasteiger charge is -2.24. The standard InChI is InChI=1S/C10H17N3O2/c1-3-7(2)9(12)10(14)13-6-15-5-8(13)4-11/h7-9H,3,5-6,12H2,1-2H3/t7-,8+,9-/m0/s1. The molecule has 1 heterocycles. The summed E-state index contributed by atoms with van der Waals surface area (Å²) in [7, 11) is 0. The fourth-order valence-corrected chi connectivity index (χ4v) is 1.46. The van der Waals surface area contributed by atoms with E-state index < -0.39 is 12.1 Å². The van der Waals surface area contributed by atoms with E-state index in [1.165, 1.54) is 4.90 Å². The van der Waals surface area contributed by atoms with Crippen LogP contribution in [-0.4, -0.2) is 36.2 Å². The number of carbonyl (C=O) groups is 1. The highest BCUT2D eigenvalue weighted by Gasteiger charge is 2.33. The molecule has 1 fully saturated rings. The molecule has 0 aromatic heterocycles. The molecule has 1 saturated heterocycles. The molecule has 0 unspecified atom stereocenters. The summed E-state index contributed by atoms with van der Waals surface area (Å²) in [4.78, 5) is 13.3. The van der Waals surface area contributed by atoms with E-state index in [0.29, 0.717) is 0 Å².